The zero-order valence-electron chi connectivity index (χ0n) is 7.67. The number of methoxy groups -OCH3 is 1. The average Bonchev–Trinajstić information content (AvgIpc) is 2.54. The van der Waals surface area contributed by atoms with Crippen LogP contribution < -0.4 is 10.4 Å². The van der Waals surface area contributed by atoms with E-state index in [-0.39, 0.29) is 5.69 Å². The monoisotopic (exact) mass is 213 g/mol. The molecular weight excluding hydrogens is 206 g/mol. The molecule has 14 heavy (non-hydrogen) atoms. The number of halogens is 1. The number of hydrogen-bond acceptors (Lipinski definition) is 3. The SMILES string of the molecule is COc1cc(Cl)c(C)n2c(=O)[nH]nc12. The Labute approximate surface area is 84.3 Å². The predicted octanol–water partition coefficient (Wildman–Crippen LogP) is 0.993. The number of pyridine rings is 1. The van der Waals surface area contributed by atoms with E-state index in [1.165, 1.54) is 11.5 Å². The van der Waals surface area contributed by atoms with Gasteiger partial charge in [-0.1, -0.05) is 11.6 Å². The maximum absolute atomic E-state index is 11.4. The Hall–Kier alpha value is -1.49. The van der Waals surface area contributed by atoms with E-state index in [0.29, 0.717) is 22.1 Å². The highest BCUT2D eigenvalue weighted by Gasteiger charge is 2.11. The highest BCUT2D eigenvalue weighted by Crippen LogP contribution is 2.24. The van der Waals surface area contributed by atoms with Gasteiger partial charge in [0, 0.05) is 11.8 Å². The summed E-state index contributed by atoms with van der Waals surface area (Å²) in [6.07, 6.45) is 0. The van der Waals surface area contributed by atoms with Crippen LogP contribution in [-0.2, 0) is 0 Å². The first-order valence-corrected chi connectivity index (χ1v) is 4.33. The second-order valence-corrected chi connectivity index (χ2v) is 3.24. The van der Waals surface area contributed by atoms with Crippen molar-refractivity contribution in [2.45, 2.75) is 6.92 Å². The number of aromatic nitrogens is 3. The van der Waals surface area contributed by atoms with Gasteiger partial charge < -0.3 is 4.74 Å². The van der Waals surface area contributed by atoms with Crippen molar-refractivity contribution in [3.8, 4) is 5.75 Å². The molecule has 74 valence electrons. The third-order valence-corrected chi connectivity index (χ3v) is 2.43. The number of H-pyrrole nitrogens is 1. The van der Waals surface area contributed by atoms with Crippen LogP contribution >= 0.6 is 11.6 Å². The van der Waals surface area contributed by atoms with Crippen molar-refractivity contribution in [3.05, 3.63) is 27.3 Å². The minimum absolute atomic E-state index is 0.321. The van der Waals surface area contributed by atoms with Gasteiger partial charge in [0.15, 0.2) is 5.75 Å². The number of ether oxygens (including phenoxy) is 1. The van der Waals surface area contributed by atoms with Gasteiger partial charge in [-0.15, -0.1) is 5.10 Å². The van der Waals surface area contributed by atoms with Gasteiger partial charge in [0.1, 0.15) is 0 Å². The van der Waals surface area contributed by atoms with Crippen LogP contribution in [0.3, 0.4) is 0 Å². The number of nitrogens with zero attached hydrogens (tertiary/aromatic N) is 2. The molecule has 0 aliphatic heterocycles. The fourth-order valence-corrected chi connectivity index (χ4v) is 1.50. The molecule has 0 unspecified atom stereocenters. The van der Waals surface area contributed by atoms with E-state index in [1.54, 1.807) is 13.0 Å². The molecule has 5 nitrogen and oxygen atoms in total. The number of fused-ring (bicyclic) bond motifs is 1. The number of rotatable bonds is 1. The Bertz CT molecular complexity index is 543. The summed E-state index contributed by atoms with van der Waals surface area (Å²) in [5, 5.41) is 6.64. The fourth-order valence-electron chi connectivity index (χ4n) is 1.31. The molecule has 0 bridgehead atoms. The molecule has 0 saturated carbocycles. The van der Waals surface area contributed by atoms with Gasteiger partial charge in [-0.05, 0) is 6.92 Å². The Kier molecular flexibility index (Phi) is 1.96. The van der Waals surface area contributed by atoms with Gasteiger partial charge in [0.25, 0.3) is 0 Å². The molecule has 0 radical (unpaired) electrons. The minimum Gasteiger partial charge on any atom is -0.493 e. The lowest BCUT2D eigenvalue weighted by Crippen LogP contribution is -2.12. The number of aryl methyl sites for hydroxylation is 1. The molecule has 0 amide bonds. The molecule has 0 fully saturated rings. The lowest BCUT2D eigenvalue weighted by atomic mass is 10.3. The van der Waals surface area contributed by atoms with Crippen molar-refractivity contribution in [1.82, 2.24) is 14.6 Å². The molecule has 0 spiro atoms. The molecule has 1 N–H and O–H groups in total. The normalized spacial score (nSPS) is 10.8. The fraction of sp³-hybridized carbons (Fsp3) is 0.250. The summed E-state index contributed by atoms with van der Waals surface area (Å²) in [6.45, 7) is 1.74. The smallest absolute Gasteiger partial charge is 0.348 e. The van der Waals surface area contributed by atoms with Gasteiger partial charge in [0.2, 0.25) is 5.65 Å². The van der Waals surface area contributed by atoms with Gasteiger partial charge in [0.05, 0.1) is 12.1 Å². The second kappa shape index (κ2) is 3.02. The molecule has 0 saturated heterocycles. The van der Waals surface area contributed by atoms with E-state index in [2.05, 4.69) is 10.2 Å². The number of aromatic amines is 1. The van der Waals surface area contributed by atoms with Gasteiger partial charge in [-0.3, -0.25) is 0 Å². The lowest BCUT2D eigenvalue weighted by Gasteiger charge is -2.05. The largest absolute Gasteiger partial charge is 0.493 e. The van der Waals surface area contributed by atoms with Gasteiger partial charge in [-0.25, -0.2) is 14.3 Å². The Morgan fingerprint density at radius 2 is 2.36 bits per heavy atom. The van der Waals surface area contributed by atoms with Crippen LogP contribution in [0, 0.1) is 6.92 Å². The maximum Gasteiger partial charge on any atom is 0.348 e. The Morgan fingerprint density at radius 3 is 3.00 bits per heavy atom. The van der Waals surface area contributed by atoms with Crippen LogP contribution in [0.4, 0.5) is 0 Å². The second-order valence-electron chi connectivity index (χ2n) is 2.83. The van der Waals surface area contributed by atoms with Crippen molar-refractivity contribution in [1.29, 1.82) is 0 Å². The van der Waals surface area contributed by atoms with E-state index in [1.807, 2.05) is 0 Å². The topological polar surface area (TPSA) is 59.4 Å². The first kappa shape index (κ1) is 9.08. The van der Waals surface area contributed by atoms with E-state index in [0.717, 1.165) is 0 Å². The predicted molar refractivity (Wildman–Crippen MR) is 52.1 cm³/mol. The highest BCUT2D eigenvalue weighted by atomic mass is 35.5. The molecule has 6 heteroatoms. The minimum atomic E-state index is -0.321. The van der Waals surface area contributed by atoms with Crippen molar-refractivity contribution < 1.29 is 4.74 Å². The van der Waals surface area contributed by atoms with Crippen molar-refractivity contribution in [2.24, 2.45) is 0 Å². The third-order valence-electron chi connectivity index (χ3n) is 2.05. The molecule has 0 aliphatic rings. The first-order chi connectivity index (χ1) is 6.65. The van der Waals surface area contributed by atoms with Gasteiger partial charge in [-0.2, -0.15) is 0 Å². The Morgan fingerprint density at radius 1 is 1.64 bits per heavy atom. The summed E-state index contributed by atoms with van der Waals surface area (Å²) in [5.74, 6) is 0.471. The van der Waals surface area contributed by atoms with Crippen LogP contribution in [0.2, 0.25) is 5.02 Å². The average molecular weight is 214 g/mol. The highest BCUT2D eigenvalue weighted by molar-refractivity contribution is 6.31. The molecule has 2 aromatic heterocycles. The van der Waals surface area contributed by atoms with E-state index in [9.17, 15) is 4.79 Å². The molecule has 2 rings (SSSR count). The summed E-state index contributed by atoms with van der Waals surface area (Å²) in [4.78, 5) is 11.4. The van der Waals surface area contributed by atoms with E-state index < -0.39 is 0 Å². The summed E-state index contributed by atoms with van der Waals surface area (Å²) in [6, 6.07) is 1.63. The van der Waals surface area contributed by atoms with Crippen molar-refractivity contribution >= 4 is 17.2 Å². The summed E-state index contributed by atoms with van der Waals surface area (Å²) < 4.78 is 6.43. The van der Waals surface area contributed by atoms with Crippen molar-refractivity contribution in [2.75, 3.05) is 7.11 Å². The van der Waals surface area contributed by atoms with Crippen LogP contribution in [0.25, 0.3) is 5.65 Å². The summed E-state index contributed by atoms with van der Waals surface area (Å²) in [7, 11) is 1.50. The zero-order valence-corrected chi connectivity index (χ0v) is 8.42. The maximum atomic E-state index is 11.4. The molecule has 0 atom stereocenters. The number of hydrogen-bond donors (Lipinski definition) is 1. The first-order valence-electron chi connectivity index (χ1n) is 3.95. The molecule has 0 aliphatic carbocycles. The lowest BCUT2D eigenvalue weighted by molar-refractivity contribution is 0.416. The van der Waals surface area contributed by atoms with Crippen LogP contribution in [0.15, 0.2) is 10.9 Å². The Balaban J connectivity index is 3.00. The molecule has 0 aromatic carbocycles. The molecule has 2 aromatic rings. The van der Waals surface area contributed by atoms with E-state index >= 15 is 0 Å². The zero-order chi connectivity index (χ0) is 10.3. The van der Waals surface area contributed by atoms with Crippen LogP contribution in [-0.4, -0.2) is 21.7 Å². The standard InChI is InChI=1S/C8H8ClN3O2/c1-4-5(9)3-6(14-2)7-10-11-8(13)12(4)7/h3H,1-2H3,(H,11,13). The van der Waals surface area contributed by atoms with Crippen molar-refractivity contribution in [3.63, 3.8) is 0 Å². The third kappa shape index (κ3) is 1.09. The van der Waals surface area contributed by atoms with E-state index in [4.69, 9.17) is 16.3 Å². The molecular formula is C8H8ClN3O2. The van der Waals surface area contributed by atoms with Gasteiger partial charge >= 0.3 is 5.69 Å². The molecule has 2 heterocycles. The van der Waals surface area contributed by atoms with Crippen LogP contribution in [0.1, 0.15) is 5.69 Å². The quantitative estimate of drug-likeness (QED) is 0.769. The summed E-state index contributed by atoms with van der Waals surface area (Å²) in [5.41, 5.74) is 0.763. The summed E-state index contributed by atoms with van der Waals surface area (Å²) >= 11 is 5.92. The van der Waals surface area contributed by atoms with Crippen LogP contribution in [0.5, 0.6) is 5.75 Å². The number of nitrogens with one attached hydrogen (secondary N) is 1.